The number of rotatable bonds is 8. The zero-order valence-corrected chi connectivity index (χ0v) is 33.2. The minimum Gasteiger partial charge on any atom is -0.807 e. The summed E-state index contributed by atoms with van der Waals surface area (Å²) in [7, 11) is 4.30. The Balaban J connectivity index is 0.000000758. The second-order valence-corrected chi connectivity index (χ2v) is 14.6. The Morgan fingerprint density at radius 1 is 0.680 bits per heavy atom. The summed E-state index contributed by atoms with van der Waals surface area (Å²) >= 11 is 0. The van der Waals surface area contributed by atoms with Gasteiger partial charge in [0.1, 0.15) is 12.2 Å². The number of carbonyl (C=O) groups is 2. The van der Waals surface area contributed by atoms with Crippen molar-refractivity contribution < 1.29 is 95.2 Å². The van der Waals surface area contributed by atoms with Gasteiger partial charge in [0, 0.05) is 49.9 Å². The quantitative estimate of drug-likeness (QED) is 0.211. The van der Waals surface area contributed by atoms with E-state index in [-0.39, 0.29) is 124 Å². The molecule has 8 atom stereocenters. The van der Waals surface area contributed by atoms with Crippen molar-refractivity contribution in [1.82, 2.24) is 9.80 Å². The molecule has 50 heavy (non-hydrogen) atoms. The maximum absolute atomic E-state index is 12.3. The van der Waals surface area contributed by atoms with Gasteiger partial charge in [-0.25, -0.2) is 0 Å². The van der Waals surface area contributed by atoms with Gasteiger partial charge in [-0.05, 0) is 70.7 Å². The largest absolute Gasteiger partial charge is 1.00 e. The van der Waals surface area contributed by atoms with Crippen LogP contribution in [0.5, 0.6) is 0 Å². The van der Waals surface area contributed by atoms with Crippen molar-refractivity contribution in [2.24, 2.45) is 0 Å². The molecule has 4 aliphatic heterocycles. The molecule has 7 rings (SSSR count). The molecule has 4 heterocycles. The Hall–Kier alpha value is -1.26. The summed E-state index contributed by atoms with van der Waals surface area (Å²) in [4.78, 5) is 29.3. The van der Waals surface area contributed by atoms with E-state index >= 15 is 0 Å². The first-order valence-corrected chi connectivity index (χ1v) is 17.6. The molecule has 11 nitrogen and oxygen atoms in total. The number of ether oxygens (including phenoxy) is 4. The Morgan fingerprint density at radius 2 is 1.02 bits per heavy atom. The molecular formula is C38H51KN2O9. The molecule has 1 aliphatic carbocycles. The predicted octanol–water partition coefficient (Wildman–Crippen LogP) is -0.319. The number of likely N-dealkylation sites (N-methyl/N-ethyl adjacent to an activating group) is 2. The molecule has 0 spiro atoms. The molecule has 2 N–H and O–H groups in total. The van der Waals surface area contributed by atoms with Gasteiger partial charge in [0.05, 0.1) is 30.4 Å². The molecule has 5 aliphatic rings. The first kappa shape index (κ1) is 39.9. The van der Waals surface area contributed by atoms with Crippen LogP contribution in [0.25, 0.3) is 0 Å². The van der Waals surface area contributed by atoms with Crippen LogP contribution in [-0.2, 0) is 28.5 Å². The number of benzene rings is 2. The summed E-state index contributed by atoms with van der Waals surface area (Å²) in [6.07, 6.45) is 4.57. The SMILES string of the molecule is CC(=O)OC1C(OC2C(c3ccccc3)C(OC3CC4CCC(C3OC(C)=O)N4C)C2c2ccccc2)CC2CCC1N2C.CC([O-])(O)O.[K+]. The van der Waals surface area contributed by atoms with Gasteiger partial charge in [-0.1, -0.05) is 60.7 Å². The Morgan fingerprint density at radius 3 is 1.34 bits per heavy atom. The molecular weight excluding hydrogens is 668 g/mol. The molecule has 0 aromatic heterocycles. The van der Waals surface area contributed by atoms with E-state index in [0.717, 1.165) is 45.4 Å². The summed E-state index contributed by atoms with van der Waals surface area (Å²) in [5.41, 5.74) is 2.35. The van der Waals surface area contributed by atoms with Crippen molar-refractivity contribution in [2.75, 3.05) is 14.1 Å². The summed E-state index contributed by atoms with van der Waals surface area (Å²) in [5.74, 6) is -3.31. The average molecular weight is 719 g/mol. The molecule has 268 valence electrons. The van der Waals surface area contributed by atoms with Crippen molar-refractivity contribution in [2.45, 2.75) is 138 Å². The molecule has 5 fully saturated rings. The average Bonchev–Trinajstić information content (AvgIpc) is 3.43. The van der Waals surface area contributed by atoms with E-state index < -0.39 is 5.97 Å². The van der Waals surface area contributed by atoms with Crippen LogP contribution in [0.1, 0.15) is 82.3 Å². The number of hydrogen-bond donors (Lipinski definition) is 2. The number of piperidine rings is 2. The van der Waals surface area contributed by atoms with E-state index in [9.17, 15) is 14.7 Å². The van der Waals surface area contributed by atoms with Gasteiger partial charge in [-0.2, -0.15) is 0 Å². The Kier molecular flexibility index (Phi) is 13.4. The fourth-order valence-electron chi connectivity index (χ4n) is 9.23. The monoisotopic (exact) mass is 718 g/mol. The van der Waals surface area contributed by atoms with Crippen LogP contribution in [-0.4, -0.2) is 113 Å². The zero-order chi connectivity index (χ0) is 35.0. The summed E-state index contributed by atoms with van der Waals surface area (Å²) in [6.45, 7) is 3.74. The topological polar surface area (TPSA) is 141 Å². The van der Waals surface area contributed by atoms with Crippen LogP contribution in [0, 0.1) is 0 Å². The van der Waals surface area contributed by atoms with Crippen LogP contribution >= 0.6 is 0 Å². The van der Waals surface area contributed by atoms with E-state index in [0.29, 0.717) is 12.1 Å². The predicted molar refractivity (Wildman–Crippen MR) is 178 cm³/mol. The van der Waals surface area contributed by atoms with Crippen molar-refractivity contribution in [3.8, 4) is 0 Å². The summed E-state index contributed by atoms with van der Waals surface area (Å²) in [6, 6.07) is 22.2. The van der Waals surface area contributed by atoms with Gasteiger partial charge in [0.25, 0.3) is 0 Å². The van der Waals surface area contributed by atoms with Crippen LogP contribution in [0.3, 0.4) is 0 Å². The first-order chi connectivity index (χ1) is 23.3. The fraction of sp³-hybridized carbons (Fsp3) is 0.632. The molecule has 0 radical (unpaired) electrons. The van der Waals surface area contributed by atoms with Gasteiger partial charge in [-0.3, -0.25) is 19.4 Å². The maximum atomic E-state index is 12.3. The fourth-order valence-corrected chi connectivity index (χ4v) is 9.23. The summed E-state index contributed by atoms with van der Waals surface area (Å²) < 4.78 is 26.4. The summed E-state index contributed by atoms with van der Waals surface area (Å²) in [5, 5.41) is 24.3. The van der Waals surface area contributed by atoms with Crippen LogP contribution in [0.15, 0.2) is 60.7 Å². The molecule has 2 aromatic rings. The zero-order valence-electron chi connectivity index (χ0n) is 30.1. The second-order valence-electron chi connectivity index (χ2n) is 14.6. The Bertz CT molecular complexity index is 1310. The number of fused-ring (bicyclic) bond motifs is 4. The van der Waals surface area contributed by atoms with E-state index in [2.05, 4.69) is 72.4 Å². The third-order valence-electron chi connectivity index (χ3n) is 11.3. The van der Waals surface area contributed by atoms with E-state index in [1.165, 1.54) is 25.0 Å². The third kappa shape index (κ3) is 8.91. The van der Waals surface area contributed by atoms with Crippen molar-refractivity contribution in [1.29, 1.82) is 0 Å². The van der Waals surface area contributed by atoms with Gasteiger partial charge in [0.15, 0.2) is 0 Å². The standard InChI is InChI=1S/C36H46N2O6.C2H5O3.K/c1-21(39)41-33-27-17-15-25(37(27)3)19-29(33)43-35-31(23-11-7-5-8-12-23)36(32(35)24-13-9-6-10-14-24)44-30-20-26-16-18-28(38(26)4)34(30)42-22(2)40;1-2(3,4)5;/h5-14,25-36H,15-20H2,1-4H3;3-4H,1H3;/q;-1;+1. The number of aliphatic hydroxyl groups is 2. The second kappa shape index (κ2) is 16.8. The third-order valence-corrected chi connectivity index (χ3v) is 11.3. The molecule has 4 bridgehead atoms. The minimum atomic E-state index is -2.75. The normalized spacial score (nSPS) is 36.3. The van der Waals surface area contributed by atoms with Crippen LogP contribution in [0.4, 0.5) is 0 Å². The maximum Gasteiger partial charge on any atom is 1.00 e. The minimum absolute atomic E-state index is 0. The Labute approximate surface area is 338 Å². The van der Waals surface area contributed by atoms with E-state index in [4.69, 9.17) is 29.2 Å². The number of carbonyl (C=O) groups excluding carboxylic acids is 2. The van der Waals surface area contributed by atoms with E-state index in [1.807, 2.05) is 12.1 Å². The van der Waals surface area contributed by atoms with Crippen molar-refractivity contribution in [3.63, 3.8) is 0 Å². The van der Waals surface area contributed by atoms with Gasteiger partial charge in [0.2, 0.25) is 0 Å². The van der Waals surface area contributed by atoms with Gasteiger partial charge in [-0.15, -0.1) is 0 Å². The molecule has 1 saturated carbocycles. The van der Waals surface area contributed by atoms with Crippen molar-refractivity contribution >= 4 is 11.9 Å². The van der Waals surface area contributed by atoms with Crippen molar-refractivity contribution in [3.05, 3.63) is 71.8 Å². The van der Waals surface area contributed by atoms with Gasteiger partial charge >= 0.3 is 63.3 Å². The first-order valence-electron chi connectivity index (χ1n) is 17.6. The smallest absolute Gasteiger partial charge is 0.807 e. The number of nitrogens with zero attached hydrogens (tertiary/aromatic N) is 2. The molecule has 2 aromatic carbocycles. The van der Waals surface area contributed by atoms with Crippen LogP contribution in [0.2, 0.25) is 0 Å². The van der Waals surface area contributed by atoms with Gasteiger partial charge < -0.3 is 34.3 Å². The van der Waals surface area contributed by atoms with Crippen LogP contribution < -0.4 is 56.5 Å². The molecule has 4 saturated heterocycles. The molecule has 0 amide bonds. The molecule has 12 heteroatoms. The molecule has 8 unspecified atom stereocenters. The number of hydrogen-bond acceptors (Lipinski definition) is 11. The number of esters is 2. The van der Waals surface area contributed by atoms with E-state index in [1.54, 1.807) is 0 Å².